The lowest BCUT2D eigenvalue weighted by Gasteiger charge is -2.02. The van der Waals surface area contributed by atoms with Gasteiger partial charge >= 0.3 is 17.6 Å². The van der Waals surface area contributed by atoms with Crippen molar-refractivity contribution in [3.8, 4) is 5.88 Å². The number of hydrogen-bond acceptors (Lipinski definition) is 6. The number of halogens is 1. The minimum absolute atomic E-state index is 0.110. The smallest absolute Gasteiger partial charge is 0.383 e. The van der Waals surface area contributed by atoms with Gasteiger partial charge in [0.2, 0.25) is 0 Å². The second-order valence-corrected chi connectivity index (χ2v) is 7.84. The van der Waals surface area contributed by atoms with Crippen LogP contribution >= 0.6 is 22.9 Å². The van der Waals surface area contributed by atoms with Gasteiger partial charge in [0, 0.05) is 12.3 Å². The first-order valence-electron chi connectivity index (χ1n) is 8.08. The average Bonchev–Trinajstić information content (AvgIpc) is 3.32. The number of ketones is 1. The number of pyridine rings is 1. The zero-order chi connectivity index (χ0) is 18.3. The number of fused-ring (bicyclic) bond motifs is 1. The largest absolute Gasteiger partial charge is 0.474 e. The first-order valence-corrected chi connectivity index (χ1v) is 9.27. The third kappa shape index (κ3) is 3.17. The molecule has 4 rings (SSSR count). The van der Waals surface area contributed by atoms with Gasteiger partial charge in [-0.2, -0.15) is 4.40 Å². The van der Waals surface area contributed by atoms with E-state index >= 15 is 0 Å². The van der Waals surface area contributed by atoms with Crippen molar-refractivity contribution in [1.82, 2.24) is 9.55 Å². The number of carbonyl (C=O) groups is 2. The highest BCUT2D eigenvalue weighted by molar-refractivity contribution is 7.15. The molecule has 0 atom stereocenters. The molecule has 0 spiro atoms. The Morgan fingerprint density at radius 2 is 2.23 bits per heavy atom. The first kappa shape index (κ1) is 17.0. The molecule has 0 unspecified atom stereocenters. The van der Waals surface area contributed by atoms with Gasteiger partial charge in [-0.25, -0.2) is 14.3 Å². The summed E-state index contributed by atoms with van der Waals surface area (Å²) in [6, 6.07) is 5.25. The number of thiazole rings is 1. The van der Waals surface area contributed by atoms with Crippen molar-refractivity contribution in [2.24, 2.45) is 5.92 Å². The Hall–Kier alpha value is -2.45. The molecule has 0 saturated heterocycles. The van der Waals surface area contributed by atoms with E-state index in [4.69, 9.17) is 16.3 Å². The minimum Gasteiger partial charge on any atom is -0.474 e. The summed E-state index contributed by atoms with van der Waals surface area (Å²) in [5, 5.41) is 10.5. The summed E-state index contributed by atoms with van der Waals surface area (Å²) in [6.45, 7) is 0.485. The van der Waals surface area contributed by atoms with Crippen LogP contribution in [0.15, 0.2) is 30.6 Å². The highest BCUT2D eigenvalue weighted by Crippen LogP contribution is 2.29. The molecule has 7 nitrogen and oxygen atoms in total. The lowest BCUT2D eigenvalue weighted by atomic mass is 10.3. The lowest BCUT2D eigenvalue weighted by molar-refractivity contribution is -0.521. The maximum Gasteiger partial charge on any atom is 0.383 e. The van der Waals surface area contributed by atoms with E-state index in [0.29, 0.717) is 16.0 Å². The van der Waals surface area contributed by atoms with Crippen LogP contribution in [0.4, 0.5) is 0 Å². The summed E-state index contributed by atoms with van der Waals surface area (Å²) in [5.74, 6) is -1.79. The van der Waals surface area contributed by atoms with Crippen LogP contribution in [0, 0.1) is 5.92 Å². The molecule has 1 aliphatic carbocycles. The summed E-state index contributed by atoms with van der Waals surface area (Å²) >= 11 is 7.15. The van der Waals surface area contributed by atoms with Gasteiger partial charge in [0.1, 0.15) is 6.54 Å². The van der Waals surface area contributed by atoms with Gasteiger partial charge in [-0.3, -0.25) is 4.79 Å². The molecular formula is C17H15ClN3O4S+. The van der Waals surface area contributed by atoms with E-state index < -0.39 is 11.8 Å². The van der Waals surface area contributed by atoms with Gasteiger partial charge in [-0.05, 0) is 24.8 Å². The monoisotopic (exact) mass is 392 g/mol. The van der Waals surface area contributed by atoms with Crippen molar-refractivity contribution in [2.75, 3.05) is 6.61 Å². The maximum absolute atomic E-state index is 12.7. The number of imidazole rings is 1. The standard InChI is InChI=1S/C17H14ClN3O4S/c18-17-19-7-11(26-17)8-21-12-3-1-2-6-20(12)15(23)13(21)14(22)16(24)25-9-10-4-5-10/h1-3,6-7,10H,4-5,8-9H2/p+1. The summed E-state index contributed by atoms with van der Waals surface area (Å²) in [5.41, 5.74) is 0.453. The van der Waals surface area contributed by atoms with E-state index in [2.05, 4.69) is 4.98 Å². The molecule has 1 saturated carbocycles. The molecule has 0 aliphatic heterocycles. The van der Waals surface area contributed by atoms with Crippen molar-refractivity contribution >= 4 is 40.3 Å². The molecule has 9 heteroatoms. The maximum atomic E-state index is 12.7. The third-order valence-electron chi connectivity index (χ3n) is 4.21. The number of nitrogens with zero attached hydrogens (tertiary/aromatic N) is 3. The quantitative estimate of drug-likeness (QED) is 0.301. The van der Waals surface area contributed by atoms with E-state index in [9.17, 15) is 14.7 Å². The Balaban J connectivity index is 1.73. The van der Waals surface area contributed by atoms with Crippen molar-refractivity contribution < 1.29 is 23.8 Å². The van der Waals surface area contributed by atoms with Gasteiger partial charge in [0.15, 0.2) is 4.47 Å². The van der Waals surface area contributed by atoms with Gasteiger partial charge in [-0.1, -0.05) is 17.7 Å². The van der Waals surface area contributed by atoms with Crippen molar-refractivity contribution in [2.45, 2.75) is 19.4 Å². The molecule has 1 fully saturated rings. The average molecular weight is 393 g/mol. The fourth-order valence-corrected chi connectivity index (χ4v) is 3.69. The molecule has 1 N–H and O–H groups in total. The fourth-order valence-electron chi connectivity index (χ4n) is 2.72. The second-order valence-electron chi connectivity index (χ2n) is 6.14. The number of Topliss-reactive ketones (excluding diaryl/α,β-unsaturated/α-hetero) is 1. The Morgan fingerprint density at radius 3 is 2.92 bits per heavy atom. The molecule has 0 aromatic carbocycles. The number of carbonyl (C=O) groups excluding carboxylic acids is 2. The predicted octanol–water partition coefficient (Wildman–Crippen LogP) is 2.23. The van der Waals surface area contributed by atoms with Crippen molar-refractivity contribution in [3.05, 3.63) is 45.6 Å². The summed E-state index contributed by atoms with van der Waals surface area (Å²) in [4.78, 5) is 29.6. The summed E-state index contributed by atoms with van der Waals surface area (Å²) in [6.07, 6.45) is 5.24. The zero-order valence-electron chi connectivity index (χ0n) is 13.6. The molecule has 26 heavy (non-hydrogen) atoms. The van der Waals surface area contributed by atoms with E-state index in [1.165, 1.54) is 15.7 Å². The van der Waals surface area contributed by atoms with E-state index in [1.807, 2.05) is 0 Å². The van der Waals surface area contributed by atoms with Crippen LogP contribution < -0.4 is 4.40 Å². The van der Waals surface area contributed by atoms with Crippen LogP contribution in [-0.4, -0.2) is 33.0 Å². The normalized spacial score (nSPS) is 13.9. The van der Waals surface area contributed by atoms with E-state index in [1.54, 1.807) is 35.2 Å². The van der Waals surface area contributed by atoms with Gasteiger partial charge in [0.25, 0.3) is 11.3 Å². The van der Waals surface area contributed by atoms with Crippen LogP contribution in [0.2, 0.25) is 4.47 Å². The van der Waals surface area contributed by atoms with Gasteiger partial charge in [0.05, 0.1) is 17.7 Å². The van der Waals surface area contributed by atoms with Crippen molar-refractivity contribution in [1.29, 1.82) is 0 Å². The highest BCUT2D eigenvalue weighted by Gasteiger charge is 2.36. The third-order valence-corrected chi connectivity index (χ3v) is 5.31. The van der Waals surface area contributed by atoms with Crippen LogP contribution in [0.1, 0.15) is 28.2 Å². The minimum atomic E-state index is -0.959. The van der Waals surface area contributed by atoms with E-state index in [-0.39, 0.29) is 24.7 Å². The number of esters is 1. The first-order chi connectivity index (χ1) is 12.5. The van der Waals surface area contributed by atoms with Crippen LogP contribution in [0.3, 0.4) is 0 Å². The fraction of sp³-hybridized carbons (Fsp3) is 0.294. The number of hydrogen-bond donors (Lipinski definition) is 1. The molecule has 134 valence electrons. The Kier molecular flexibility index (Phi) is 4.37. The Labute approximate surface area is 157 Å². The van der Waals surface area contributed by atoms with E-state index in [0.717, 1.165) is 17.7 Å². The molecular weight excluding hydrogens is 378 g/mol. The summed E-state index contributed by atoms with van der Waals surface area (Å²) in [7, 11) is 0. The topological polar surface area (TPSA) is 85.5 Å². The zero-order valence-corrected chi connectivity index (χ0v) is 15.2. The van der Waals surface area contributed by atoms with Crippen molar-refractivity contribution in [3.63, 3.8) is 0 Å². The Morgan fingerprint density at radius 1 is 1.42 bits per heavy atom. The summed E-state index contributed by atoms with van der Waals surface area (Å²) < 4.78 is 8.49. The molecule has 1 aliphatic rings. The SMILES string of the molecule is O=C(OCC1CC1)C(=O)c1c(O)[n+]2ccccc2n1Cc1cnc(Cl)s1. The van der Waals surface area contributed by atoms with Gasteiger partial charge in [-0.15, -0.1) is 11.3 Å². The highest BCUT2D eigenvalue weighted by atomic mass is 35.5. The molecule has 3 heterocycles. The second kappa shape index (κ2) is 6.69. The molecule has 0 amide bonds. The van der Waals surface area contributed by atoms with Crippen LogP contribution in [-0.2, 0) is 16.1 Å². The number of aromatic hydroxyl groups is 1. The number of rotatable bonds is 6. The molecule has 3 aromatic heterocycles. The number of aromatic nitrogens is 3. The number of ether oxygens (including phenoxy) is 1. The lowest BCUT2D eigenvalue weighted by Crippen LogP contribution is -2.22. The molecule has 0 radical (unpaired) electrons. The molecule has 0 bridgehead atoms. The Bertz CT molecular complexity index is 1010. The van der Waals surface area contributed by atoms with Gasteiger partial charge < -0.3 is 9.84 Å². The van der Waals surface area contributed by atoms with Crippen LogP contribution in [0.5, 0.6) is 5.88 Å². The predicted molar refractivity (Wildman–Crippen MR) is 93.5 cm³/mol. The molecule has 3 aromatic rings. The van der Waals surface area contributed by atoms with Crippen LogP contribution in [0.25, 0.3) is 5.65 Å².